The third-order valence-electron chi connectivity index (χ3n) is 3.63. The van der Waals surface area contributed by atoms with Crippen molar-refractivity contribution in [3.63, 3.8) is 0 Å². The Morgan fingerprint density at radius 3 is 2.87 bits per heavy atom. The number of esters is 1. The van der Waals surface area contributed by atoms with E-state index < -0.39 is 0 Å². The van der Waals surface area contributed by atoms with Crippen LogP contribution in [0.5, 0.6) is 0 Å². The summed E-state index contributed by atoms with van der Waals surface area (Å²) in [5.41, 5.74) is 4.31. The van der Waals surface area contributed by atoms with E-state index in [9.17, 15) is 4.79 Å². The Morgan fingerprint density at radius 1 is 1.30 bits per heavy atom. The smallest absolute Gasteiger partial charge is 0.338 e. The van der Waals surface area contributed by atoms with E-state index in [-0.39, 0.29) is 5.97 Å². The van der Waals surface area contributed by atoms with Gasteiger partial charge >= 0.3 is 5.97 Å². The molecule has 0 bridgehead atoms. The lowest BCUT2D eigenvalue weighted by molar-refractivity contribution is 0.0526. The molecule has 3 rings (SSSR count). The maximum absolute atomic E-state index is 11.9. The number of aryl methyl sites for hydroxylation is 1. The molecule has 0 amide bonds. The zero-order valence-electron chi connectivity index (χ0n) is 13.3. The van der Waals surface area contributed by atoms with Crippen LogP contribution in [0.4, 0.5) is 0 Å². The molecule has 3 aromatic rings. The summed E-state index contributed by atoms with van der Waals surface area (Å²) < 4.78 is 6.98. The summed E-state index contributed by atoms with van der Waals surface area (Å²) in [7, 11) is 0.544. The van der Waals surface area contributed by atoms with E-state index in [2.05, 4.69) is 22.8 Å². The fourth-order valence-corrected chi connectivity index (χ4v) is 3.14. The molecule has 0 N–H and O–H groups in total. The summed E-state index contributed by atoms with van der Waals surface area (Å²) in [5, 5.41) is 5.55. The molecule has 118 valence electrons. The summed E-state index contributed by atoms with van der Waals surface area (Å²) in [5.74, 6) is -0.306. The molecule has 2 aromatic heterocycles. The van der Waals surface area contributed by atoms with Crippen LogP contribution in [0.1, 0.15) is 23.0 Å². The van der Waals surface area contributed by atoms with Gasteiger partial charge in [-0.15, -0.1) is 0 Å². The Morgan fingerprint density at radius 2 is 2.13 bits per heavy atom. The molecule has 0 spiro atoms. The monoisotopic (exact) mass is 327 g/mol. The third kappa shape index (κ3) is 2.97. The molecule has 5 nitrogen and oxygen atoms in total. The normalized spacial score (nSPS) is 11.4. The van der Waals surface area contributed by atoms with Gasteiger partial charge in [0, 0.05) is 25.9 Å². The van der Waals surface area contributed by atoms with Gasteiger partial charge in [0.25, 0.3) is 0 Å². The summed E-state index contributed by atoms with van der Waals surface area (Å²) >= 11 is 0. The molecule has 1 atom stereocenters. The Hall–Kier alpha value is -2.26. The summed E-state index contributed by atoms with van der Waals surface area (Å²) in [6.07, 6.45) is 1.82. The van der Waals surface area contributed by atoms with Crippen molar-refractivity contribution in [2.45, 2.75) is 13.8 Å². The first-order chi connectivity index (χ1) is 11.1. The van der Waals surface area contributed by atoms with E-state index in [0.717, 1.165) is 27.9 Å². The first-order valence-corrected chi connectivity index (χ1v) is 8.89. The van der Waals surface area contributed by atoms with Crippen molar-refractivity contribution in [2.75, 3.05) is 13.3 Å². The van der Waals surface area contributed by atoms with Crippen LogP contribution in [0.15, 0.2) is 36.5 Å². The number of nitrogens with zero attached hydrogens (tertiary/aromatic N) is 3. The average molecular weight is 327 g/mol. The van der Waals surface area contributed by atoms with Crippen LogP contribution in [0.2, 0.25) is 0 Å². The standard InChI is InChI=1S/C17H18N3O2P/c1-4-22-17(21)13-7-5-6-12(8-13)14-9-15-11(2)19-20(23-3)16(15)18-10-14/h5-10,23H,4H2,1-3H3. The van der Waals surface area contributed by atoms with Crippen molar-refractivity contribution >= 4 is 25.7 Å². The second-order valence-electron chi connectivity index (χ2n) is 5.12. The van der Waals surface area contributed by atoms with Crippen LogP contribution in [-0.4, -0.2) is 33.8 Å². The zero-order chi connectivity index (χ0) is 16.4. The lowest BCUT2D eigenvalue weighted by Crippen LogP contribution is -2.04. The topological polar surface area (TPSA) is 57.0 Å². The highest BCUT2D eigenvalue weighted by Gasteiger charge is 2.11. The number of hydrogen-bond acceptors (Lipinski definition) is 4. The average Bonchev–Trinajstić information content (AvgIpc) is 2.91. The molecule has 0 aliphatic heterocycles. The highest BCUT2D eigenvalue weighted by Crippen LogP contribution is 2.27. The molecule has 23 heavy (non-hydrogen) atoms. The minimum Gasteiger partial charge on any atom is -0.462 e. The van der Waals surface area contributed by atoms with E-state index in [1.807, 2.05) is 35.8 Å². The number of rotatable bonds is 4. The van der Waals surface area contributed by atoms with Gasteiger partial charge in [-0.25, -0.2) is 14.2 Å². The van der Waals surface area contributed by atoms with Crippen LogP contribution in [0.25, 0.3) is 22.2 Å². The molecule has 2 heterocycles. The van der Waals surface area contributed by atoms with Gasteiger partial charge in [-0.1, -0.05) is 12.1 Å². The van der Waals surface area contributed by atoms with Gasteiger partial charge in [0.15, 0.2) is 5.65 Å². The first kappa shape index (κ1) is 15.6. The summed E-state index contributed by atoms with van der Waals surface area (Å²) in [6.45, 7) is 6.23. The second-order valence-corrected chi connectivity index (χ2v) is 5.99. The zero-order valence-corrected chi connectivity index (χ0v) is 14.3. The first-order valence-electron chi connectivity index (χ1n) is 7.44. The lowest BCUT2D eigenvalue weighted by atomic mass is 10.0. The van der Waals surface area contributed by atoms with E-state index in [1.54, 1.807) is 13.0 Å². The summed E-state index contributed by atoms with van der Waals surface area (Å²) in [6, 6.07) is 9.49. The SMILES string of the molecule is CCOC(=O)c1cccc(-c2cnc3c(c2)c(C)nn3PC)c1. The lowest BCUT2D eigenvalue weighted by Gasteiger charge is -2.06. The molecule has 0 aliphatic carbocycles. The van der Waals surface area contributed by atoms with Crippen molar-refractivity contribution in [1.82, 2.24) is 14.5 Å². The molecule has 1 unspecified atom stereocenters. The second kappa shape index (κ2) is 6.47. The van der Waals surface area contributed by atoms with Gasteiger partial charge in [0.1, 0.15) is 0 Å². The molecule has 0 fully saturated rings. The summed E-state index contributed by atoms with van der Waals surface area (Å²) in [4.78, 5) is 16.4. The third-order valence-corrected chi connectivity index (χ3v) is 4.36. The number of benzene rings is 1. The molecule has 0 radical (unpaired) electrons. The Balaban J connectivity index is 2.05. The Kier molecular flexibility index (Phi) is 4.39. The molecule has 1 aromatic carbocycles. The number of carbonyl (C=O) groups is 1. The Bertz CT molecular complexity index is 873. The highest BCUT2D eigenvalue weighted by molar-refractivity contribution is 7.35. The quantitative estimate of drug-likeness (QED) is 0.542. The van der Waals surface area contributed by atoms with Crippen molar-refractivity contribution in [3.8, 4) is 11.1 Å². The van der Waals surface area contributed by atoms with E-state index in [4.69, 9.17) is 4.74 Å². The van der Waals surface area contributed by atoms with Crippen LogP contribution >= 0.6 is 8.73 Å². The van der Waals surface area contributed by atoms with Crippen molar-refractivity contribution in [1.29, 1.82) is 0 Å². The van der Waals surface area contributed by atoms with Crippen LogP contribution in [0, 0.1) is 6.92 Å². The minimum atomic E-state index is -0.306. The molecule has 0 saturated carbocycles. The fourth-order valence-electron chi connectivity index (χ4n) is 2.50. The van der Waals surface area contributed by atoms with Gasteiger partial charge in [-0.05, 0) is 44.3 Å². The van der Waals surface area contributed by atoms with E-state index >= 15 is 0 Å². The van der Waals surface area contributed by atoms with Gasteiger partial charge in [-0.2, -0.15) is 5.10 Å². The van der Waals surface area contributed by atoms with Crippen LogP contribution < -0.4 is 0 Å². The molecule has 0 aliphatic rings. The molecule has 0 saturated heterocycles. The number of aromatic nitrogens is 3. The Labute approximate surface area is 136 Å². The molecule has 6 heteroatoms. The van der Waals surface area contributed by atoms with Gasteiger partial charge < -0.3 is 4.74 Å². The largest absolute Gasteiger partial charge is 0.462 e. The van der Waals surface area contributed by atoms with Crippen LogP contribution in [0.3, 0.4) is 0 Å². The maximum atomic E-state index is 11.9. The molecular weight excluding hydrogens is 309 g/mol. The number of carbonyl (C=O) groups excluding carboxylic acids is 1. The number of ether oxygens (including phenoxy) is 1. The van der Waals surface area contributed by atoms with E-state index in [1.165, 1.54) is 0 Å². The van der Waals surface area contributed by atoms with Crippen molar-refractivity contribution in [2.24, 2.45) is 0 Å². The van der Waals surface area contributed by atoms with E-state index in [0.29, 0.717) is 20.9 Å². The maximum Gasteiger partial charge on any atom is 0.338 e. The van der Waals surface area contributed by atoms with Gasteiger partial charge in [0.05, 0.1) is 17.9 Å². The minimum absolute atomic E-state index is 0.306. The van der Waals surface area contributed by atoms with Crippen molar-refractivity contribution in [3.05, 3.63) is 47.8 Å². The number of hydrogen-bond donors (Lipinski definition) is 0. The number of fused-ring (bicyclic) bond motifs is 1. The molecular formula is C17H18N3O2P. The predicted molar refractivity (Wildman–Crippen MR) is 93.3 cm³/mol. The van der Waals surface area contributed by atoms with Gasteiger partial charge in [-0.3, -0.25) is 0 Å². The van der Waals surface area contributed by atoms with Crippen molar-refractivity contribution < 1.29 is 9.53 Å². The predicted octanol–water partition coefficient (Wildman–Crippen LogP) is 3.65. The number of pyridine rings is 1. The van der Waals surface area contributed by atoms with Crippen LogP contribution in [-0.2, 0) is 4.74 Å². The highest BCUT2D eigenvalue weighted by atomic mass is 31.1. The van der Waals surface area contributed by atoms with Gasteiger partial charge in [0.2, 0.25) is 0 Å². The fraction of sp³-hybridized carbons (Fsp3) is 0.235.